The number of fused-ring (bicyclic) bond motifs is 1. The van der Waals surface area contributed by atoms with E-state index in [0.29, 0.717) is 0 Å². The first-order valence-corrected chi connectivity index (χ1v) is 19.9. The van der Waals surface area contributed by atoms with Gasteiger partial charge in [-0.15, -0.1) is 0 Å². The van der Waals surface area contributed by atoms with Gasteiger partial charge in [-0.25, -0.2) is 15.0 Å². The Kier molecular flexibility index (Phi) is 9.69. The monoisotopic (exact) mass is 742 g/mol. The Morgan fingerprint density at radius 1 is 0.421 bits per heavy atom. The van der Waals surface area contributed by atoms with Crippen molar-refractivity contribution in [3.05, 3.63) is 175 Å². The molecule has 8 rings (SSSR count). The van der Waals surface area contributed by atoms with Crippen molar-refractivity contribution in [2.75, 3.05) is 0 Å². The van der Waals surface area contributed by atoms with Gasteiger partial charge in [-0.05, 0) is 142 Å². The van der Waals surface area contributed by atoms with Crippen LogP contribution in [0.1, 0.15) is 77.9 Å². The van der Waals surface area contributed by atoms with Crippen LogP contribution in [0.15, 0.2) is 117 Å². The third kappa shape index (κ3) is 6.63. The van der Waals surface area contributed by atoms with E-state index in [9.17, 15) is 0 Å². The van der Waals surface area contributed by atoms with Crippen LogP contribution in [0, 0.1) is 76.2 Å². The Balaban J connectivity index is 1.34. The lowest BCUT2D eigenvalue weighted by atomic mass is 9.94. The molecule has 4 heteroatoms. The summed E-state index contributed by atoms with van der Waals surface area (Å²) in [6, 6.07) is 34.8. The highest BCUT2D eigenvalue weighted by atomic mass is 14.9. The summed E-state index contributed by atoms with van der Waals surface area (Å²) >= 11 is 0. The minimum Gasteiger partial charge on any atom is -0.254 e. The molecule has 0 fully saturated rings. The van der Waals surface area contributed by atoms with Crippen molar-refractivity contribution < 1.29 is 0 Å². The van der Waals surface area contributed by atoms with Crippen LogP contribution in [-0.4, -0.2) is 23.3 Å². The number of hydrogen-bond donors (Lipinski definition) is 0. The summed E-state index contributed by atoms with van der Waals surface area (Å²) in [5, 5.41) is 4.78. The lowest BCUT2D eigenvalue weighted by Gasteiger charge is -2.18. The van der Waals surface area contributed by atoms with Crippen LogP contribution < -0.4 is 0 Å². The van der Waals surface area contributed by atoms with Gasteiger partial charge in [0.1, 0.15) is 0 Å². The van der Waals surface area contributed by atoms with E-state index in [4.69, 9.17) is 20.0 Å². The first kappa shape index (κ1) is 37.7. The minimum absolute atomic E-state index is 0.828. The largest absolute Gasteiger partial charge is 0.254 e. The molecule has 0 aliphatic heterocycles. The van der Waals surface area contributed by atoms with E-state index in [0.717, 1.165) is 101 Å². The van der Waals surface area contributed by atoms with Crippen LogP contribution in [0.25, 0.3) is 21.5 Å². The van der Waals surface area contributed by atoms with Crippen molar-refractivity contribution in [2.24, 2.45) is 20.0 Å². The zero-order valence-corrected chi connectivity index (χ0v) is 35.1. The van der Waals surface area contributed by atoms with Gasteiger partial charge in [-0.3, -0.25) is 4.99 Å². The first-order chi connectivity index (χ1) is 27.3. The molecular weight excluding hydrogens is 693 g/mol. The molecule has 0 saturated carbocycles. The fraction of sp³-hybridized carbons (Fsp3) is 0.208. The average Bonchev–Trinajstić information content (AvgIpc) is 3.47. The fourth-order valence-electron chi connectivity index (χ4n) is 8.92. The van der Waals surface area contributed by atoms with Gasteiger partial charge < -0.3 is 0 Å². The molecule has 0 atom stereocenters. The molecule has 0 bridgehead atoms. The summed E-state index contributed by atoms with van der Waals surface area (Å²) in [6.45, 7) is 23.8. The second kappa shape index (κ2) is 14.7. The number of nitrogens with zero attached hydrogens (tertiary/aromatic N) is 4. The second-order valence-corrected chi connectivity index (χ2v) is 16.1. The molecule has 0 unspecified atom stereocenters. The molecule has 1 aliphatic rings. The quantitative estimate of drug-likeness (QED) is 0.152. The van der Waals surface area contributed by atoms with Gasteiger partial charge in [-0.1, -0.05) is 108 Å². The van der Waals surface area contributed by atoms with E-state index < -0.39 is 0 Å². The second-order valence-electron chi connectivity index (χ2n) is 16.1. The molecule has 57 heavy (non-hydrogen) atoms. The first-order valence-electron chi connectivity index (χ1n) is 19.9. The zero-order valence-electron chi connectivity index (χ0n) is 35.1. The predicted octanol–water partition coefficient (Wildman–Crippen LogP) is 14.2. The van der Waals surface area contributed by atoms with Crippen molar-refractivity contribution in [1.29, 1.82) is 0 Å². The maximum atomic E-state index is 5.62. The van der Waals surface area contributed by atoms with E-state index in [1.54, 1.807) is 0 Å². The zero-order chi connectivity index (χ0) is 40.3. The van der Waals surface area contributed by atoms with E-state index in [1.807, 2.05) is 6.21 Å². The smallest absolute Gasteiger partial charge is 0.0979 e. The van der Waals surface area contributed by atoms with E-state index in [1.165, 1.54) is 38.2 Å². The van der Waals surface area contributed by atoms with Crippen LogP contribution in [0.4, 0.5) is 22.7 Å². The molecule has 7 aromatic carbocycles. The maximum absolute atomic E-state index is 5.62. The van der Waals surface area contributed by atoms with Gasteiger partial charge in [0.25, 0.3) is 0 Å². The molecule has 1 aliphatic carbocycles. The van der Waals surface area contributed by atoms with Crippen molar-refractivity contribution in [3.8, 4) is 0 Å². The topological polar surface area (TPSA) is 49.4 Å². The summed E-state index contributed by atoms with van der Waals surface area (Å²) < 4.78 is 0. The van der Waals surface area contributed by atoms with Gasteiger partial charge >= 0.3 is 0 Å². The Morgan fingerprint density at radius 3 is 1.40 bits per heavy atom. The van der Waals surface area contributed by atoms with E-state index in [-0.39, 0.29) is 0 Å². The van der Waals surface area contributed by atoms with Gasteiger partial charge in [0.15, 0.2) is 0 Å². The summed E-state index contributed by atoms with van der Waals surface area (Å²) in [4.78, 5) is 21.8. The number of benzene rings is 7. The van der Waals surface area contributed by atoms with Crippen LogP contribution in [0.2, 0.25) is 0 Å². The lowest BCUT2D eigenvalue weighted by molar-refractivity contribution is 1.20. The maximum Gasteiger partial charge on any atom is 0.0979 e. The van der Waals surface area contributed by atoms with Crippen LogP contribution >= 0.6 is 0 Å². The van der Waals surface area contributed by atoms with Crippen molar-refractivity contribution in [1.82, 2.24) is 0 Å². The Labute approximate surface area is 337 Å². The Hall–Kier alpha value is -6.26. The summed E-state index contributed by atoms with van der Waals surface area (Å²) in [5.74, 6) is 0. The van der Waals surface area contributed by atoms with Crippen molar-refractivity contribution in [2.45, 2.75) is 76.2 Å². The van der Waals surface area contributed by atoms with Crippen molar-refractivity contribution in [3.63, 3.8) is 0 Å². The molecule has 0 saturated heterocycles. The molecule has 282 valence electrons. The molecule has 0 radical (unpaired) electrons. The number of rotatable bonds is 6. The van der Waals surface area contributed by atoms with Crippen LogP contribution in [0.5, 0.6) is 0 Å². The molecule has 0 amide bonds. The SMILES string of the molecule is Cc1cc(C)c(N=CC(=Nc2c(C)c(C)c(N=C3C(=Nc4c(C)cc(C)cc4C)c4cccc5cccc3c45)c(C)c2C)c2cccc3cccc(C)c23)c(C)c1. The highest BCUT2D eigenvalue weighted by molar-refractivity contribution is 6.61. The van der Waals surface area contributed by atoms with Gasteiger partial charge in [-0.2, -0.15) is 0 Å². The van der Waals surface area contributed by atoms with Crippen LogP contribution in [0.3, 0.4) is 0 Å². The molecule has 0 N–H and O–H groups in total. The summed E-state index contributed by atoms with van der Waals surface area (Å²) in [5.41, 5.74) is 22.6. The van der Waals surface area contributed by atoms with Crippen molar-refractivity contribution >= 4 is 67.6 Å². The van der Waals surface area contributed by atoms with E-state index >= 15 is 0 Å². The Morgan fingerprint density at radius 2 is 0.860 bits per heavy atom. The highest BCUT2D eigenvalue weighted by Crippen LogP contribution is 2.41. The molecule has 4 nitrogen and oxygen atoms in total. The predicted molar refractivity (Wildman–Crippen MR) is 246 cm³/mol. The molecule has 0 aromatic heterocycles. The molecule has 0 heterocycles. The normalized spacial score (nSPS) is 14.3. The minimum atomic E-state index is 0.828. The number of aliphatic imine (C=N–C) groups is 4. The Bertz CT molecular complexity index is 2870. The molecule has 7 aromatic rings. The number of hydrogen-bond acceptors (Lipinski definition) is 4. The number of aryl methyl sites for hydroxylation is 7. The standard InChI is InChI=1S/C53H50N4/c1-29-24-32(4)48(33(5)25-29)54-28-45(42-21-13-18-40-17-12-16-31(3)46(40)42)55-50-36(8)38(10)51(39(11)37(50)9)57-53-44-23-15-20-41-19-14-22-43(47(41)44)52(53)56-49-34(6)26-30(2)27-35(49)7/h12-28H,1-11H3. The van der Waals surface area contributed by atoms with Gasteiger partial charge in [0.05, 0.1) is 46.1 Å². The summed E-state index contributed by atoms with van der Waals surface area (Å²) in [6.07, 6.45) is 1.97. The van der Waals surface area contributed by atoms with E-state index in [2.05, 4.69) is 173 Å². The molecular formula is C53H50N4. The molecule has 0 spiro atoms. The summed E-state index contributed by atoms with van der Waals surface area (Å²) in [7, 11) is 0. The average molecular weight is 743 g/mol. The highest BCUT2D eigenvalue weighted by Gasteiger charge is 2.29. The van der Waals surface area contributed by atoms with Crippen LogP contribution in [-0.2, 0) is 0 Å². The van der Waals surface area contributed by atoms with Gasteiger partial charge in [0, 0.05) is 22.1 Å². The third-order valence-corrected chi connectivity index (χ3v) is 11.8. The third-order valence-electron chi connectivity index (χ3n) is 11.8. The lowest BCUT2D eigenvalue weighted by Crippen LogP contribution is -2.11. The van der Waals surface area contributed by atoms with Gasteiger partial charge in [0.2, 0.25) is 0 Å². The fourth-order valence-corrected chi connectivity index (χ4v) is 8.92.